The first kappa shape index (κ1) is 32.7. The maximum Gasteiger partial charge on any atom is 0.322 e. The number of carbonyl (C=O) groups is 4. The van der Waals surface area contributed by atoms with E-state index in [4.69, 9.17) is 0 Å². The van der Waals surface area contributed by atoms with Gasteiger partial charge in [-0.3, -0.25) is 19.3 Å². The van der Waals surface area contributed by atoms with Gasteiger partial charge >= 0.3 is 6.03 Å². The summed E-state index contributed by atoms with van der Waals surface area (Å²) in [6.45, 7) is 6.12. The molecule has 8 heteroatoms. The molecule has 0 aromatic heterocycles. The number of fused-ring (bicyclic) bond motifs is 1. The lowest BCUT2D eigenvalue weighted by Gasteiger charge is -2.38. The quantitative estimate of drug-likeness (QED) is 0.364. The minimum atomic E-state index is -0.993. The molecule has 3 atom stereocenters. The van der Waals surface area contributed by atoms with E-state index < -0.39 is 35.4 Å². The topological polar surface area (TPSA) is 90.0 Å². The number of nitrogens with zero attached hydrogens (tertiary/aromatic N) is 3. The second-order valence-electron chi connectivity index (χ2n) is 14.2. The van der Waals surface area contributed by atoms with Crippen LogP contribution >= 0.6 is 0 Å². The summed E-state index contributed by atoms with van der Waals surface area (Å²) < 4.78 is 0. The fourth-order valence-corrected chi connectivity index (χ4v) is 7.31. The Labute approximate surface area is 268 Å². The van der Waals surface area contributed by atoms with E-state index in [0.717, 1.165) is 49.7 Å². The van der Waals surface area contributed by atoms with Crippen LogP contribution in [0, 0.1) is 5.41 Å². The van der Waals surface area contributed by atoms with E-state index in [1.807, 2.05) is 81.4 Å². The molecule has 2 aliphatic heterocycles. The van der Waals surface area contributed by atoms with Crippen molar-refractivity contribution in [3.63, 3.8) is 0 Å². The summed E-state index contributed by atoms with van der Waals surface area (Å²) in [6.07, 6.45) is 12.5. The van der Waals surface area contributed by atoms with E-state index >= 15 is 0 Å². The molecule has 0 unspecified atom stereocenters. The highest BCUT2D eigenvalue weighted by atomic mass is 16.2. The zero-order chi connectivity index (χ0) is 32.0. The summed E-state index contributed by atoms with van der Waals surface area (Å²) in [7, 11) is 0. The van der Waals surface area contributed by atoms with Crippen LogP contribution in [-0.4, -0.2) is 62.6 Å². The third-order valence-corrected chi connectivity index (χ3v) is 9.61. The second-order valence-corrected chi connectivity index (χ2v) is 14.2. The Bertz CT molecular complexity index is 1240. The van der Waals surface area contributed by atoms with Crippen molar-refractivity contribution in [2.24, 2.45) is 5.41 Å². The molecule has 0 spiro atoms. The van der Waals surface area contributed by atoms with Gasteiger partial charge in [0, 0.05) is 19.1 Å². The van der Waals surface area contributed by atoms with Gasteiger partial charge in [-0.05, 0) is 29.4 Å². The summed E-state index contributed by atoms with van der Waals surface area (Å²) in [5, 5.41) is 3.29. The van der Waals surface area contributed by atoms with Crippen LogP contribution in [0.3, 0.4) is 0 Å². The molecular weight excluding hydrogens is 564 g/mol. The average molecular weight is 615 g/mol. The first-order valence-electron chi connectivity index (χ1n) is 17.0. The molecule has 8 nitrogen and oxygen atoms in total. The number of imide groups is 1. The lowest BCUT2D eigenvalue weighted by molar-refractivity contribution is -0.152. The number of benzene rings is 2. The van der Waals surface area contributed by atoms with Crippen LogP contribution in [0.2, 0.25) is 0 Å². The van der Waals surface area contributed by atoms with Crippen LogP contribution in [0.4, 0.5) is 4.79 Å². The molecule has 1 saturated carbocycles. The van der Waals surface area contributed by atoms with Crippen LogP contribution in [0.5, 0.6) is 0 Å². The van der Waals surface area contributed by atoms with Crippen molar-refractivity contribution in [3.05, 3.63) is 71.8 Å². The highest BCUT2D eigenvalue weighted by Gasteiger charge is 2.63. The first-order valence-corrected chi connectivity index (χ1v) is 17.0. The number of nitrogens with one attached hydrogen (secondary N) is 1. The molecule has 2 heterocycles. The number of amides is 5. The summed E-state index contributed by atoms with van der Waals surface area (Å²) in [4.78, 5) is 61.1. The number of urea groups is 1. The standard InChI is InChI=1S/C37H50N4O4/c1-37(2,3)32(33(42)38-29-23-17-9-7-5-4-6-8-10-18-24-29)41-34(43)30-31(35(41)44)40(26-28-21-15-12-16-22-28)36(45)39(30)25-27-19-13-11-14-20-27/h11-16,19-22,29-32H,4-10,17-18,23-26H2,1-3H3,(H,38,42)/t30-,31+,32-/m0/s1. The van der Waals surface area contributed by atoms with Gasteiger partial charge in [-0.2, -0.15) is 0 Å². The van der Waals surface area contributed by atoms with E-state index in [-0.39, 0.29) is 31.1 Å². The van der Waals surface area contributed by atoms with Gasteiger partial charge in [-0.25, -0.2) is 4.79 Å². The number of hydrogen-bond acceptors (Lipinski definition) is 4. The molecule has 5 rings (SSSR count). The summed E-state index contributed by atoms with van der Waals surface area (Å²) in [5.74, 6) is -1.23. The summed E-state index contributed by atoms with van der Waals surface area (Å²) in [5.41, 5.74) is 1.03. The van der Waals surface area contributed by atoms with E-state index in [2.05, 4.69) is 5.32 Å². The van der Waals surface area contributed by atoms with Crippen molar-refractivity contribution in [1.82, 2.24) is 20.0 Å². The molecule has 0 bridgehead atoms. The molecular formula is C37H50N4O4. The van der Waals surface area contributed by atoms with Crippen molar-refractivity contribution in [2.75, 3.05) is 0 Å². The minimum absolute atomic E-state index is 0.0137. The number of rotatable bonds is 7. The molecule has 0 radical (unpaired) electrons. The van der Waals surface area contributed by atoms with Gasteiger partial charge in [-0.1, -0.05) is 139 Å². The SMILES string of the molecule is CC(C)(C)[C@H](C(=O)NC1CCCCCCCCCCC1)N1C(=O)[C@@H]2[C@H](C1=O)N(Cc1ccccc1)C(=O)N2Cc1ccccc1. The Kier molecular flexibility index (Phi) is 10.6. The van der Waals surface area contributed by atoms with E-state index in [0.29, 0.717) is 0 Å². The predicted octanol–water partition coefficient (Wildman–Crippen LogP) is 6.43. The zero-order valence-corrected chi connectivity index (χ0v) is 27.2. The van der Waals surface area contributed by atoms with E-state index in [1.54, 1.807) is 0 Å². The lowest BCUT2D eigenvalue weighted by Crippen LogP contribution is -2.59. The normalized spacial score (nSPS) is 23.0. The lowest BCUT2D eigenvalue weighted by atomic mass is 9.84. The number of hydrogen-bond donors (Lipinski definition) is 1. The van der Waals surface area contributed by atoms with Crippen molar-refractivity contribution < 1.29 is 19.2 Å². The fraction of sp³-hybridized carbons (Fsp3) is 0.568. The van der Waals surface area contributed by atoms with Gasteiger partial charge in [0.05, 0.1) is 0 Å². The van der Waals surface area contributed by atoms with Gasteiger partial charge in [0.2, 0.25) is 5.91 Å². The Balaban J connectivity index is 1.42. The maximum atomic E-state index is 14.4. The molecule has 2 saturated heterocycles. The molecule has 5 amide bonds. The van der Waals surface area contributed by atoms with E-state index in [1.165, 1.54) is 46.8 Å². The third-order valence-electron chi connectivity index (χ3n) is 9.61. The summed E-state index contributed by atoms with van der Waals surface area (Å²) in [6, 6.07) is 15.7. The van der Waals surface area contributed by atoms with Crippen LogP contribution in [0.25, 0.3) is 0 Å². The van der Waals surface area contributed by atoms with Crippen molar-refractivity contribution >= 4 is 23.8 Å². The monoisotopic (exact) mass is 614 g/mol. The zero-order valence-electron chi connectivity index (χ0n) is 27.2. The van der Waals surface area contributed by atoms with Crippen LogP contribution in [-0.2, 0) is 27.5 Å². The van der Waals surface area contributed by atoms with Gasteiger partial charge in [0.25, 0.3) is 11.8 Å². The smallest absolute Gasteiger partial charge is 0.322 e. The van der Waals surface area contributed by atoms with Crippen molar-refractivity contribution in [2.45, 2.75) is 129 Å². The van der Waals surface area contributed by atoms with Crippen LogP contribution < -0.4 is 5.32 Å². The van der Waals surface area contributed by atoms with Crippen molar-refractivity contribution in [3.8, 4) is 0 Å². The molecule has 3 aliphatic rings. The number of carbonyl (C=O) groups excluding carboxylic acids is 4. The van der Waals surface area contributed by atoms with Gasteiger partial charge in [-0.15, -0.1) is 0 Å². The van der Waals surface area contributed by atoms with Gasteiger partial charge < -0.3 is 15.1 Å². The minimum Gasteiger partial charge on any atom is -0.352 e. The highest BCUT2D eigenvalue weighted by Crippen LogP contribution is 2.38. The van der Waals surface area contributed by atoms with Crippen LogP contribution in [0.1, 0.15) is 103 Å². The Morgan fingerprint density at radius 3 is 1.49 bits per heavy atom. The first-order chi connectivity index (χ1) is 21.7. The largest absolute Gasteiger partial charge is 0.352 e. The Hall–Kier alpha value is -3.68. The van der Waals surface area contributed by atoms with Crippen LogP contribution in [0.15, 0.2) is 60.7 Å². The molecule has 45 heavy (non-hydrogen) atoms. The predicted molar refractivity (Wildman–Crippen MR) is 175 cm³/mol. The van der Waals surface area contributed by atoms with Gasteiger partial charge in [0.15, 0.2) is 0 Å². The third kappa shape index (κ3) is 7.59. The molecule has 1 N–H and O–H groups in total. The van der Waals surface area contributed by atoms with Crippen molar-refractivity contribution in [1.29, 1.82) is 0 Å². The van der Waals surface area contributed by atoms with Gasteiger partial charge in [0.1, 0.15) is 18.1 Å². The molecule has 242 valence electrons. The molecule has 1 aliphatic carbocycles. The Morgan fingerprint density at radius 1 is 0.689 bits per heavy atom. The maximum absolute atomic E-state index is 14.4. The van der Waals surface area contributed by atoms with E-state index in [9.17, 15) is 19.2 Å². The fourth-order valence-electron chi connectivity index (χ4n) is 7.31. The Morgan fingerprint density at radius 2 is 1.09 bits per heavy atom. The molecule has 2 aromatic carbocycles. The summed E-state index contributed by atoms with van der Waals surface area (Å²) >= 11 is 0. The second kappa shape index (κ2) is 14.6. The molecule has 2 aromatic rings. The molecule has 3 fully saturated rings. The average Bonchev–Trinajstić information content (AvgIpc) is 3.41. The number of likely N-dealkylation sites (tertiary alicyclic amines) is 1. The highest BCUT2D eigenvalue weighted by molar-refractivity contribution is 6.15.